The van der Waals surface area contributed by atoms with Crippen LogP contribution in [-0.4, -0.2) is 36.0 Å². The second-order valence-electron chi connectivity index (χ2n) is 8.60. The van der Waals surface area contributed by atoms with Crippen LogP contribution < -0.4 is 4.90 Å². The molecule has 0 radical (unpaired) electrons. The highest BCUT2D eigenvalue weighted by atomic mass is 16.2. The number of piperidine rings is 1. The fourth-order valence-electron chi connectivity index (χ4n) is 4.30. The lowest BCUT2D eigenvalue weighted by atomic mass is 9.87. The fraction of sp³-hybridized carbons (Fsp3) is 0.480. The van der Waals surface area contributed by atoms with E-state index in [0.29, 0.717) is 6.42 Å². The summed E-state index contributed by atoms with van der Waals surface area (Å²) in [5.74, 6) is 0.954. The third kappa shape index (κ3) is 5.23. The number of carbonyl (C=O) groups excluding carboxylic acids is 1. The molecule has 0 saturated carbocycles. The predicted molar refractivity (Wildman–Crippen MR) is 118 cm³/mol. The second-order valence-corrected chi connectivity index (χ2v) is 8.60. The molecule has 1 fully saturated rings. The van der Waals surface area contributed by atoms with Crippen molar-refractivity contribution in [2.45, 2.75) is 52.0 Å². The van der Waals surface area contributed by atoms with Gasteiger partial charge in [-0.1, -0.05) is 55.5 Å². The number of para-hydroxylation sites is 1. The van der Waals surface area contributed by atoms with Gasteiger partial charge in [-0.25, -0.2) is 0 Å². The quantitative estimate of drug-likeness (QED) is 0.664. The average Bonchev–Trinajstić information content (AvgIpc) is 2.73. The lowest BCUT2D eigenvalue weighted by Gasteiger charge is -2.45. The molecule has 0 N–H and O–H groups in total. The minimum absolute atomic E-state index is 0.0433. The Labute approximate surface area is 170 Å². The molecular formula is C25H34N2O. The van der Waals surface area contributed by atoms with Gasteiger partial charge < -0.3 is 4.90 Å². The number of benzene rings is 2. The van der Waals surface area contributed by atoms with Crippen LogP contribution in [0.3, 0.4) is 0 Å². The molecule has 2 aromatic carbocycles. The second kappa shape index (κ2) is 9.38. The van der Waals surface area contributed by atoms with Crippen molar-refractivity contribution < 1.29 is 4.79 Å². The van der Waals surface area contributed by atoms with E-state index in [0.717, 1.165) is 31.2 Å². The van der Waals surface area contributed by atoms with Crippen LogP contribution in [-0.2, 0) is 11.2 Å². The molecule has 3 rings (SSSR count). The summed E-state index contributed by atoms with van der Waals surface area (Å²) in [6, 6.07) is 20.9. The van der Waals surface area contributed by atoms with Gasteiger partial charge >= 0.3 is 0 Å². The number of hydrogen-bond donors (Lipinski definition) is 0. The molecular weight excluding hydrogens is 344 g/mol. The number of anilines is 1. The van der Waals surface area contributed by atoms with Crippen LogP contribution in [0.2, 0.25) is 0 Å². The summed E-state index contributed by atoms with van der Waals surface area (Å²) < 4.78 is 0. The highest BCUT2D eigenvalue weighted by Crippen LogP contribution is 2.28. The van der Waals surface area contributed by atoms with E-state index in [2.05, 4.69) is 49.1 Å². The van der Waals surface area contributed by atoms with Crippen LogP contribution in [0.1, 0.15) is 45.6 Å². The maximum atomic E-state index is 12.6. The molecule has 150 valence electrons. The van der Waals surface area contributed by atoms with Crippen molar-refractivity contribution >= 4 is 11.6 Å². The molecule has 3 heteroatoms. The van der Waals surface area contributed by atoms with E-state index in [4.69, 9.17) is 0 Å². The zero-order chi connectivity index (χ0) is 20.0. The first-order valence-corrected chi connectivity index (χ1v) is 10.6. The normalized spacial score (nSPS) is 16.1. The Hall–Kier alpha value is -2.13. The van der Waals surface area contributed by atoms with Crippen LogP contribution in [0.4, 0.5) is 5.69 Å². The first-order chi connectivity index (χ1) is 13.5. The Kier molecular flexibility index (Phi) is 6.90. The lowest BCUT2D eigenvalue weighted by molar-refractivity contribution is -0.118. The van der Waals surface area contributed by atoms with E-state index in [1.807, 2.05) is 42.2 Å². The van der Waals surface area contributed by atoms with E-state index < -0.39 is 0 Å². The van der Waals surface area contributed by atoms with Crippen molar-refractivity contribution in [1.82, 2.24) is 4.90 Å². The SMILES string of the molecule is CCC(=O)N(CC(C)(C)N1CCC(Cc2ccccc2)CC1)c1ccccc1. The molecule has 3 nitrogen and oxygen atoms in total. The molecule has 28 heavy (non-hydrogen) atoms. The maximum absolute atomic E-state index is 12.6. The largest absolute Gasteiger partial charge is 0.311 e. The van der Waals surface area contributed by atoms with Crippen molar-refractivity contribution in [3.05, 3.63) is 66.2 Å². The fourth-order valence-corrected chi connectivity index (χ4v) is 4.30. The standard InChI is InChI=1S/C25H34N2O/c1-4-24(28)27(23-13-9-6-10-14-23)20-25(2,3)26-17-15-22(16-18-26)19-21-11-7-5-8-12-21/h5-14,22H,4,15-20H2,1-3H3. The summed E-state index contributed by atoms with van der Waals surface area (Å²) >= 11 is 0. The molecule has 1 heterocycles. The summed E-state index contributed by atoms with van der Waals surface area (Å²) in [6.45, 7) is 9.45. The Morgan fingerprint density at radius 3 is 2.14 bits per heavy atom. The van der Waals surface area contributed by atoms with Gasteiger partial charge in [-0.05, 0) is 69.8 Å². The average molecular weight is 379 g/mol. The Bertz CT molecular complexity index is 734. The number of hydrogen-bond acceptors (Lipinski definition) is 2. The number of likely N-dealkylation sites (tertiary alicyclic amines) is 1. The molecule has 1 aliphatic heterocycles. The van der Waals surface area contributed by atoms with E-state index >= 15 is 0 Å². The van der Waals surface area contributed by atoms with Gasteiger partial charge in [0.1, 0.15) is 0 Å². The Morgan fingerprint density at radius 1 is 1.00 bits per heavy atom. The zero-order valence-corrected chi connectivity index (χ0v) is 17.6. The summed E-state index contributed by atoms with van der Waals surface area (Å²) in [7, 11) is 0. The Balaban J connectivity index is 1.61. The molecule has 2 aromatic rings. The first kappa shape index (κ1) is 20.6. The van der Waals surface area contributed by atoms with Gasteiger partial charge in [-0.15, -0.1) is 0 Å². The van der Waals surface area contributed by atoms with Crippen LogP contribution >= 0.6 is 0 Å². The van der Waals surface area contributed by atoms with Gasteiger partial charge in [0.25, 0.3) is 0 Å². The van der Waals surface area contributed by atoms with E-state index in [9.17, 15) is 4.79 Å². The molecule has 0 aromatic heterocycles. The summed E-state index contributed by atoms with van der Waals surface area (Å²) in [5, 5.41) is 0. The molecule has 1 aliphatic rings. The molecule has 0 unspecified atom stereocenters. The highest BCUT2D eigenvalue weighted by molar-refractivity contribution is 5.93. The molecule has 0 atom stereocenters. The number of rotatable bonds is 7. The minimum atomic E-state index is -0.0433. The van der Waals surface area contributed by atoms with E-state index in [-0.39, 0.29) is 11.4 Å². The van der Waals surface area contributed by atoms with Gasteiger partial charge in [0.2, 0.25) is 5.91 Å². The van der Waals surface area contributed by atoms with Gasteiger partial charge in [-0.2, -0.15) is 0 Å². The Morgan fingerprint density at radius 2 is 1.57 bits per heavy atom. The maximum Gasteiger partial charge on any atom is 0.226 e. The van der Waals surface area contributed by atoms with Crippen molar-refractivity contribution in [3.63, 3.8) is 0 Å². The smallest absolute Gasteiger partial charge is 0.226 e. The predicted octanol–water partition coefficient (Wildman–Crippen LogP) is 5.16. The zero-order valence-electron chi connectivity index (χ0n) is 17.6. The third-order valence-electron chi connectivity index (χ3n) is 6.05. The number of nitrogens with zero attached hydrogens (tertiary/aromatic N) is 2. The van der Waals surface area contributed by atoms with Gasteiger partial charge in [0.05, 0.1) is 0 Å². The summed E-state index contributed by atoms with van der Waals surface area (Å²) in [6.07, 6.45) is 4.17. The highest BCUT2D eigenvalue weighted by Gasteiger charge is 2.33. The summed E-state index contributed by atoms with van der Waals surface area (Å²) in [5.41, 5.74) is 2.41. The van der Waals surface area contributed by atoms with Gasteiger partial charge in [0, 0.05) is 24.2 Å². The van der Waals surface area contributed by atoms with Crippen molar-refractivity contribution in [2.75, 3.05) is 24.5 Å². The molecule has 0 bridgehead atoms. The molecule has 0 aliphatic carbocycles. The molecule has 1 amide bonds. The van der Waals surface area contributed by atoms with Crippen LogP contribution in [0.15, 0.2) is 60.7 Å². The van der Waals surface area contributed by atoms with Crippen molar-refractivity contribution in [1.29, 1.82) is 0 Å². The van der Waals surface area contributed by atoms with Crippen molar-refractivity contribution in [2.24, 2.45) is 5.92 Å². The van der Waals surface area contributed by atoms with Gasteiger partial charge in [-0.3, -0.25) is 9.69 Å². The molecule has 1 saturated heterocycles. The number of carbonyl (C=O) groups is 1. The monoisotopic (exact) mass is 378 g/mol. The topological polar surface area (TPSA) is 23.6 Å². The molecule has 0 spiro atoms. The van der Waals surface area contributed by atoms with Gasteiger partial charge in [0.15, 0.2) is 0 Å². The third-order valence-corrected chi connectivity index (χ3v) is 6.05. The van der Waals surface area contributed by atoms with Crippen LogP contribution in [0, 0.1) is 5.92 Å². The van der Waals surface area contributed by atoms with E-state index in [1.165, 1.54) is 24.8 Å². The van der Waals surface area contributed by atoms with Crippen molar-refractivity contribution in [3.8, 4) is 0 Å². The number of amides is 1. The van der Waals surface area contributed by atoms with Crippen LogP contribution in [0.25, 0.3) is 0 Å². The van der Waals surface area contributed by atoms with E-state index in [1.54, 1.807) is 0 Å². The summed E-state index contributed by atoms with van der Waals surface area (Å²) in [4.78, 5) is 17.2. The minimum Gasteiger partial charge on any atom is -0.311 e. The van der Waals surface area contributed by atoms with Crippen LogP contribution in [0.5, 0.6) is 0 Å². The lowest BCUT2D eigenvalue weighted by Crippen LogP contribution is -2.55. The first-order valence-electron chi connectivity index (χ1n) is 10.6.